The second kappa shape index (κ2) is 7.57. The number of amides is 2. The van der Waals surface area contributed by atoms with Crippen molar-refractivity contribution < 1.29 is 9.59 Å². The first-order valence-electron chi connectivity index (χ1n) is 7.89. The van der Waals surface area contributed by atoms with Gasteiger partial charge in [-0.3, -0.25) is 14.6 Å². The van der Waals surface area contributed by atoms with Crippen LogP contribution < -0.4 is 0 Å². The van der Waals surface area contributed by atoms with E-state index in [1.54, 1.807) is 29.4 Å². The van der Waals surface area contributed by atoms with Crippen molar-refractivity contribution in [2.24, 2.45) is 0 Å². The SMILES string of the molecule is O=C(c1ccc(Br)cc1)N1CCCN(C(=O)c2cccnc2)CC1. The molecule has 3 rings (SSSR count). The van der Waals surface area contributed by atoms with Gasteiger partial charge in [-0.2, -0.15) is 0 Å². The summed E-state index contributed by atoms with van der Waals surface area (Å²) in [6.45, 7) is 2.39. The summed E-state index contributed by atoms with van der Waals surface area (Å²) in [6, 6.07) is 10.9. The standard InChI is InChI=1S/C18H18BrN3O2/c19-16-6-4-14(5-7-16)17(23)21-9-2-10-22(12-11-21)18(24)15-3-1-8-20-13-15/h1,3-8,13H,2,9-12H2. The second-order valence-corrected chi connectivity index (χ2v) is 6.60. The maximum atomic E-state index is 12.6. The Labute approximate surface area is 149 Å². The topological polar surface area (TPSA) is 53.5 Å². The van der Waals surface area contributed by atoms with Gasteiger partial charge in [0.2, 0.25) is 0 Å². The van der Waals surface area contributed by atoms with Crippen LogP contribution in [0, 0.1) is 0 Å². The van der Waals surface area contributed by atoms with Gasteiger partial charge in [-0.15, -0.1) is 0 Å². The Morgan fingerprint density at radius 3 is 2.08 bits per heavy atom. The minimum absolute atomic E-state index is 0.0122. The number of halogens is 1. The molecule has 2 aromatic rings. The van der Waals surface area contributed by atoms with Crippen LogP contribution in [0.5, 0.6) is 0 Å². The molecule has 0 N–H and O–H groups in total. The van der Waals surface area contributed by atoms with Crippen molar-refractivity contribution in [2.75, 3.05) is 26.2 Å². The molecule has 0 unspecified atom stereocenters. The van der Waals surface area contributed by atoms with Gasteiger partial charge in [-0.25, -0.2) is 0 Å². The van der Waals surface area contributed by atoms with Crippen molar-refractivity contribution in [3.8, 4) is 0 Å². The Morgan fingerprint density at radius 2 is 1.50 bits per heavy atom. The van der Waals surface area contributed by atoms with Gasteiger partial charge < -0.3 is 9.80 Å². The highest BCUT2D eigenvalue weighted by Crippen LogP contribution is 2.14. The Kier molecular flexibility index (Phi) is 5.25. The highest BCUT2D eigenvalue weighted by atomic mass is 79.9. The number of benzene rings is 1. The fourth-order valence-electron chi connectivity index (χ4n) is 2.77. The monoisotopic (exact) mass is 387 g/mol. The van der Waals surface area contributed by atoms with Gasteiger partial charge in [0.1, 0.15) is 0 Å². The molecule has 2 heterocycles. The lowest BCUT2D eigenvalue weighted by Gasteiger charge is -2.22. The van der Waals surface area contributed by atoms with Crippen LogP contribution in [0.25, 0.3) is 0 Å². The molecule has 0 spiro atoms. The largest absolute Gasteiger partial charge is 0.337 e. The van der Waals surface area contributed by atoms with Crippen LogP contribution in [0.2, 0.25) is 0 Å². The summed E-state index contributed by atoms with van der Waals surface area (Å²) in [5.74, 6) is -0.0146. The van der Waals surface area contributed by atoms with Crippen molar-refractivity contribution >= 4 is 27.7 Å². The number of carbonyl (C=O) groups is 2. The molecule has 1 aromatic carbocycles. The van der Waals surface area contributed by atoms with Crippen LogP contribution in [0.4, 0.5) is 0 Å². The van der Waals surface area contributed by atoms with E-state index >= 15 is 0 Å². The van der Waals surface area contributed by atoms with Crippen molar-refractivity contribution in [1.29, 1.82) is 0 Å². The van der Waals surface area contributed by atoms with E-state index in [0.29, 0.717) is 37.3 Å². The zero-order valence-electron chi connectivity index (χ0n) is 13.2. The van der Waals surface area contributed by atoms with E-state index in [0.717, 1.165) is 10.9 Å². The maximum absolute atomic E-state index is 12.6. The third kappa shape index (κ3) is 3.82. The first kappa shape index (κ1) is 16.6. The zero-order valence-corrected chi connectivity index (χ0v) is 14.8. The third-order valence-corrected chi connectivity index (χ3v) is 4.60. The van der Waals surface area contributed by atoms with Crippen LogP contribution in [-0.4, -0.2) is 52.8 Å². The fourth-order valence-corrected chi connectivity index (χ4v) is 3.03. The van der Waals surface area contributed by atoms with Crippen LogP contribution in [-0.2, 0) is 0 Å². The average molecular weight is 388 g/mol. The summed E-state index contributed by atoms with van der Waals surface area (Å²) in [5.41, 5.74) is 1.26. The molecule has 0 atom stereocenters. The van der Waals surface area contributed by atoms with Gasteiger partial charge in [0.15, 0.2) is 0 Å². The van der Waals surface area contributed by atoms with E-state index in [-0.39, 0.29) is 11.8 Å². The van der Waals surface area contributed by atoms with E-state index in [4.69, 9.17) is 0 Å². The summed E-state index contributed by atoms with van der Waals surface area (Å²) in [5, 5.41) is 0. The number of aromatic nitrogens is 1. The van der Waals surface area contributed by atoms with Gasteiger partial charge in [0, 0.05) is 48.6 Å². The van der Waals surface area contributed by atoms with Crippen LogP contribution >= 0.6 is 15.9 Å². The molecule has 1 saturated heterocycles. The van der Waals surface area contributed by atoms with Gasteiger partial charge in [0.05, 0.1) is 5.56 Å². The molecule has 1 aliphatic rings. The van der Waals surface area contributed by atoms with Gasteiger partial charge in [-0.05, 0) is 42.8 Å². The molecule has 0 bridgehead atoms. The number of rotatable bonds is 2. The summed E-state index contributed by atoms with van der Waals surface area (Å²) < 4.78 is 0.947. The van der Waals surface area contributed by atoms with Crippen molar-refractivity contribution in [2.45, 2.75) is 6.42 Å². The summed E-state index contributed by atoms with van der Waals surface area (Å²) >= 11 is 3.37. The molecule has 24 heavy (non-hydrogen) atoms. The predicted molar refractivity (Wildman–Crippen MR) is 94.8 cm³/mol. The lowest BCUT2D eigenvalue weighted by atomic mass is 10.2. The normalized spacial score (nSPS) is 15.0. The van der Waals surface area contributed by atoms with Crippen molar-refractivity contribution in [3.63, 3.8) is 0 Å². The molecule has 2 amide bonds. The van der Waals surface area contributed by atoms with Crippen LogP contribution in [0.3, 0.4) is 0 Å². The van der Waals surface area contributed by atoms with E-state index < -0.39 is 0 Å². The smallest absolute Gasteiger partial charge is 0.255 e. The molecule has 124 valence electrons. The predicted octanol–water partition coefficient (Wildman–Crippen LogP) is 2.83. The van der Waals surface area contributed by atoms with Crippen molar-refractivity contribution in [3.05, 3.63) is 64.4 Å². The molecule has 6 heteroatoms. The third-order valence-electron chi connectivity index (χ3n) is 4.07. The van der Waals surface area contributed by atoms with Crippen LogP contribution in [0.15, 0.2) is 53.3 Å². The fraction of sp³-hybridized carbons (Fsp3) is 0.278. The Hall–Kier alpha value is -2.21. The number of carbonyl (C=O) groups excluding carboxylic acids is 2. The summed E-state index contributed by atoms with van der Waals surface area (Å²) in [7, 11) is 0. The highest BCUT2D eigenvalue weighted by Gasteiger charge is 2.23. The number of pyridine rings is 1. The molecule has 1 aliphatic heterocycles. The number of hydrogen-bond donors (Lipinski definition) is 0. The van der Waals surface area contributed by atoms with E-state index in [1.807, 2.05) is 29.2 Å². The van der Waals surface area contributed by atoms with E-state index in [2.05, 4.69) is 20.9 Å². The Morgan fingerprint density at radius 1 is 0.875 bits per heavy atom. The minimum atomic E-state index is -0.0268. The van der Waals surface area contributed by atoms with Gasteiger partial charge >= 0.3 is 0 Å². The molecular formula is C18H18BrN3O2. The summed E-state index contributed by atoms with van der Waals surface area (Å²) in [4.78, 5) is 32.7. The zero-order chi connectivity index (χ0) is 16.9. The first-order chi connectivity index (χ1) is 11.6. The highest BCUT2D eigenvalue weighted by molar-refractivity contribution is 9.10. The lowest BCUT2D eigenvalue weighted by Crippen LogP contribution is -2.37. The lowest BCUT2D eigenvalue weighted by molar-refractivity contribution is 0.0718. The minimum Gasteiger partial charge on any atom is -0.337 e. The number of hydrogen-bond acceptors (Lipinski definition) is 3. The Bertz CT molecular complexity index is 719. The van der Waals surface area contributed by atoms with E-state index in [9.17, 15) is 9.59 Å². The molecule has 0 saturated carbocycles. The second-order valence-electron chi connectivity index (χ2n) is 5.69. The van der Waals surface area contributed by atoms with E-state index in [1.165, 1.54) is 0 Å². The van der Waals surface area contributed by atoms with Gasteiger partial charge in [-0.1, -0.05) is 15.9 Å². The molecule has 0 radical (unpaired) electrons. The maximum Gasteiger partial charge on any atom is 0.255 e. The number of nitrogens with zero attached hydrogens (tertiary/aromatic N) is 3. The summed E-state index contributed by atoms with van der Waals surface area (Å²) in [6.07, 6.45) is 4.00. The van der Waals surface area contributed by atoms with Crippen molar-refractivity contribution in [1.82, 2.24) is 14.8 Å². The average Bonchev–Trinajstić information content (AvgIpc) is 2.88. The molecule has 5 nitrogen and oxygen atoms in total. The Balaban J connectivity index is 1.65. The molecule has 1 aromatic heterocycles. The quantitative estimate of drug-likeness (QED) is 0.795. The van der Waals surface area contributed by atoms with Crippen LogP contribution in [0.1, 0.15) is 27.1 Å². The molecular weight excluding hydrogens is 370 g/mol. The van der Waals surface area contributed by atoms with Gasteiger partial charge in [0.25, 0.3) is 11.8 Å². The molecule has 1 fully saturated rings. The molecule has 0 aliphatic carbocycles. The first-order valence-corrected chi connectivity index (χ1v) is 8.68.